The van der Waals surface area contributed by atoms with E-state index in [0.717, 1.165) is 16.8 Å². The molecule has 0 saturated carbocycles. The van der Waals surface area contributed by atoms with Crippen molar-refractivity contribution in [2.75, 3.05) is 11.9 Å². The lowest BCUT2D eigenvalue weighted by atomic mass is 10.2. The fourth-order valence-electron chi connectivity index (χ4n) is 1.57. The molecule has 2 rings (SSSR count). The van der Waals surface area contributed by atoms with Crippen molar-refractivity contribution in [3.63, 3.8) is 0 Å². The average molecular weight is 277 g/mol. The molecule has 0 atom stereocenters. The quantitative estimate of drug-likeness (QED) is 0.853. The molecule has 0 spiro atoms. The van der Waals surface area contributed by atoms with Crippen LogP contribution < -0.4 is 4.90 Å². The van der Waals surface area contributed by atoms with E-state index in [9.17, 15) is 0 Å². The Labute approximate surface area is 104 Å². The first kappa shape index (κ1) is 11.1. The van der Waals surface area contributed by atoms with Crippen LogP contribution in [0.2, 0.25) is 0 Å². The van der Waals surface area contributed by atoms with Gasteiger partial charge < -0.3 is 4.90 Å². The number of rotatable bonds is 3. The summed E-state index contributed by atoms with van der Waals surface area (Å²) in [6.45, 7) is 0.858. The lowest BCUT2D eigenvalue weighted by molar-refractivity contribution is 0.897. The molecule has 0 unspecified atom stereocenters. The number of benzene rings is 1. The van der Waals surface area contributed by atoms with Gasteiger partial charge in [0.2, 0.25) is 0 Å². The lowest BCUT2D eigenvalue weighted by Crippen LogP contribution is -2.17. The molecule has 2 nitrogen and oxygen atoms in total. The molecule has 0 fully saturated rings. The fraction of sp³-hybridized carbons (Fsp3) is 0.154. The number of aromatic nitrogens is 1. The van der Waals surface area contributed by atoms with Gasteiger partial charge in [0, 0.05) is 24.3 Å². The van der Waals surface area contributed by atoms with Crippen LogP contribution in [0.15, 0.2) is 53.1 Å². The number of hydrogen-bond acceptors (Lipinski definition) is 2. The van der Waals surface area contributed by atoms with Crippen LogP contribution in [0.25, 0.3) is 0 Å². The molecule has 0 aliphatic rings. The largest absolute Gasteiger partial charge is 0.355 e. The maximum absolute atomic E-state index is 4.31. The van der Waals surface area contributed by atoms with Gasteiger partial charge in [0.1, 0.15) is 5.82 Å². The molecular weight excluding hydrogens is 264 g/mol. The summed E-state index contributed by atoms with van der Waals surface area (Å²) in [5.41, 5.74) is 1.27. The molecule has 0 N–H and O–H groups in total. The zero-order valence-electron chi connectivity index (χ0n) is 9.10. The van der Waals surface area contributed by atoms with Crippen molar-refractivity contribution in [2.45, 2.75) is 6.54 Å². The second-order valence-corrected chi connectivity index (χ2v) is 4.59. The van der Waals surface area contributed by atoms with Crippen molar-refractivity contribution in [2.24, 2.45) is 0 Å². The highest BCUT2D eigenvalue weighted by molar-refractivity contribution is 9.10. The Morgan fingerprint density at radius 2 is 2.06 bits per heavy atom. The molecule has 0 saturated heterocycles. The van der Waals surface area contributed by atoms with Crippen molar-refractivity contribution >= 4 is 21.7 Å². The minimum atomic E-state index is 0.858. The van der Waals surface area contributed by atoms with E-state index >= 15 is 0 Å². The molecule has 0 amide bonds. The van der Waals surface area contributed by atoms with E-state index in [1.807, 2.05) is 43.6 Å². The van der Waals surface area contributed by atoms with E-state index in [2.05, 4.69) is 37.9 Å². The Balaban J connectivity index is 2.11. The Hall–Kier alpha value is -1.35. The summed E-state index contributed by atoms with van der Waals surface area (Å²) < 4.78 is 1.11. The van der Waals surface area contributed by atoms with Crippen molar-refractivity contribution < 1.29 is 0 Å². The highest BCUT2D eigenvalue weighted by Crippen LogP contribution is 2.15. The summed E-state index contributed by atoms with van der Waals surface area (Å²) >= 11 is 3.47. The molecule has 82 valence electrons. The van der Waals surface area contributed by atoms with Gasteiger partial charge in [-0.1, -0.05) is 34.1 Å². The Kier molecular flexibility index (Phi) is 3.57. The first-order chi connectivity index (χ1) is 7.75. The molecule has 2 aromatic rings. The first-order valence-electron chi connectivity index (χ1n) is 5.12. The van der Waals surface area contributed by atoms with Crippen LogP contribution in [-0.2, 0) is 6.54 Å². The number of pyridine rings is 1. The van der Waals surface area contributed by atoms with Gasteiger partial charge in [-0.3, -0.25) is 0 Å². The molecule has 16 heavy (non-hydrogen) atoms. The van der Waals surface area contributed by atoms with Gasteiger partial charge in [-0.15, -0.1) is 0 Å². The number of halogens is 1. The van der Waals surface area contributed by atoms with Crippen molar-refractivity contribution in [3.8, 4) is 0 Å². The molecule has 1 heterocycles. The monoisotopic (exact) mass is 276 g/mol. The normalized spacial score (nSPS) is 10.1. The molecule has 3 heteroatoms. The van der Waals surface area contributed by atoms with E-state index in [1.54, 1.807) is 0 Å². The van der Waals surface area contributed by atoms with Crippen molar-refractivity contribution in [1.82, 2.24) is 4.98 Å². The SMILES string of the molecule is CN(Cc1cccc(Br)c1)c1ccccn1. The smallest absolute Gasteiger partial charge is 0.128 e. The minimum absolute atomic E-state index is 0.858. The van der Waals surface area contributed by atoms with Crippen molar-refractivity contribution in [1.29, 1.82) is 0 Å². The number of hydrogen-bond donors (Lipinski definition) is 0. The molecule has 0 aliphatic carbocycles. The maximum atomic E-state index is 4.31. The number of nitrogens with zero attached hydrogens (tertiary/aromatic N) is 2. The van der Waals surface area contributed by atoms with Gasteiger partial charge in [-0.25, -0.2) is 4.98 Å². The summed E-state index contributed by atoms with van der Waals surface area (Å²) in [4.78, 5) is 6.44. The van der Waals surface area contributed by atoms with E-state index < -0.39 is 0 Å². The third-order valence-corrected chi connectivity index (χ3v) is 2.84. The molecule has 0 aliphatic heterocycles. The summed E-state index contributed by atoms with van der Waals surface area (Å²) in [5, 5.41) is 0. The maximum Gasteiger partial charge on any atom is 0.128 e. The third kappa shape index (κ3) is 2.83. The fourth-order valence-corrected chi connectivity index (χ4v) is 2.02. The van der Waals surface area contributed by atoms with E-state index in [4.69, 9.17) is 0 Å². The first-order valence-corrected chi connectivity index (χ1v) is 5.91. The van der Waals surface area contributed by atoms with Crippen LogP contribution in [0.5, 0.6) is 0 Å². The zero-order valence-corrected chi connectivity index (χ0v) is 10.7. The second-order valence-electron chi connectivity index (χ2n) is 3.67. The highest BCUT2D eigenvalue weighted by Gasteiger charge is 2.02. The van der Waals surface area contributed by atoms with E-state index in [0.29, 0.717) is 0 Å². The Morgan fingerprint density at radius 1 is 1.19 bits per heavy atom. The zero-order chi connectivity index (χ0) is 11.4. The van der Waals surface area contributed by atoms with E-state index in [-0.39, 0.29) is 0 Å². The highest BCUT2D eigenvalue weighted by atomic mass is 79.9. The second kappa shape index (κ2) is 5.12. The van der Waals surface area contributed by atoms with Gasteiger partial charge in [-0.2, -0.15) is 0 Å². The summed E-state index contributed by atoms with van der Waals surface area (Å²) in [6.07, 6.45) is 1.81. The minimum Gasteiger partial charge on any atom is -0.355 e. The van der Waals surface area contributed by atoms with Gasteiger partial charge >= 0.3 is 0 Å². The van der Waals surface area contributed by atoms with Crippen molar-refractivity contribution in [3.05, 3.63) is 58.7 Å². The summed E-state index contributed by atoms with van der Waals surface area (Å²) in [7, 11) is 2.04. The Morgan fingerprint density at radius 3 is 2.75 bits per heavy atom. The van der Waals surface area contributed by atoms with Crippen LogP contribution in [0.1, 0.15) is 5.56 Å². The van der Waals surface area contributed by atoms with Crippen LogP contribution >= 0.6 is 15.9 Å². The standard InChI is InChI=1S/C13H13BrN2/c1-16(13-7-2-3-8-15-13)10-11-5-4-6-12(14)9-11/h2-9H,10H2,1H3. The molecular formula is C13H13BrN2. The van der Waals surface area contributed by atoms with Gasteiger partial charge in [0.15, 0.2) is 0 Å². The van der Waals surface area contributed by atoms with Crippen LogP contribution in [0.3, 0.4) is 0 Å². The lowest BCUT2D eigenvalue weighted by Gasteiger charge is -2.17. The van der Waals surface area contributed by atoms with Crippen LogP contribution in [0, 0.1) is 0 Å². The van der Waals surface area contributed by atoms with Crippen LogP contribution in [-0.4, -0.2) is 12.0 Å². The van der Waals surface area contributed by atoms with Gasteiger partial charge in [-0.05, 0) is 29.8 Å². The van der Waals surface area contributed by atoms with E-state index in [1.165, 1.54) is 5.56 Å². The Bertz CT molecular complexity index is 456. The molecule has 0 bridgehead atoms. The predicted octanol–water partition coefficient (Wildman–Crippen LogP) is 3.48. The molecule has 1 aromatic heterocycles. The summed E-state index contributed by atoms with van der Waals surface area (Å²) in [5.74, 6) is 0.988. The topological polar surface area (TPSA) is 16.1 Å². The average Bonchev–Trinajstić information content (AvgIpc) is 2.30. The predicted molar refractivity (Wildman–Crippen MR) is 70.5 cm³/mol. The number of anilines is 1. The summed E-state index contributed by atoms with van der Waals surface area (Å²) in [6, 6.07) is 14.3. The van der Waals surface area contributed by atoms with Gasteiger partial charge in [0.25, 0.3) is 0 Å². The molecule has 1 aromatic carbocycles. The van der Waals surface area contributed by atoms with Crippen LogP contribution in [0.4, 0.5) is 5.82 Å². The van der Waals surface area contributed by atoms with Gasteiger partial charge in [0.05, 0.1) is 0 Å². The molecule has 0 radical (unpaired) electrons. The third-order valence-electron chi connectivity index (χ3n) is 2.35.